The van der Waals surface area contributed by atoms with Crippen LogP contribution in [-0.4, -0.2) is 42.9 Å². The van der Waals surface area contributed by atoms with Crippen molar-refractivity contribution < 1.29 is 28.8 Å². The van der Waals surface area contributed by atoms with Gasteiger partial charge in [0.1, 0.15) is 29.1 Å². The third-order valence-corrected chi connectivity index (χ3v) is 5.13. The van der Waals surface area contributed by atoms with Gasteiger partial charge in [-0.1, -0.05) is 6.07 Å². The van der Waals surface area contributed by atoms with E-state index in [2.05, 4.69) is 0 Å². The van der Waals surface area contributed by atoms with Crippen LogP contribution >= 0.6 is 0 Å². The smallest absolute Gasteiger partial charge is 0.181 e. The Morgan fingerprint density at radius 2 is 2.00 bits per heavy atom. The summed E-state index contributed by atoms with van der Waals surface area (Å²) in [4.78, 5) is 13.2. The molecule has 1 aliphatic carbocycles. The van der Waals surface area contributed by atoms with Crippen LogP contribution in [0.3, 0.4) is 0 Å². The average molecular weight is 358 g/mol. The van der Waals surface area contributed by atoms with Gasteiger partial charge in [0.15, 0.2) is 17.3 Å². The molecule has 0 amide bonds. The molecule has 3 aliphatic rings. The molecule has 0 radical (unpaired) electrons. The highest BCUT2D eigenvalue weighted by Gasteiger charge is 2.51. The van der Waals surface area contributed by atoms with Crippen LogP contribution in [0.1, 0.15) is 30.6 Å². The quantitative estimate of drug-likeness (QED) is 0.876. The minimum absolute atomic E-state index is 0.119. The van der Waals surface area contributed by atoms with Gasteiger partial charge in [-0.05, 0) is 26.0 Å². The number of benzene rings is 1. The SMILES string of the molecule is COC1=CC2=C(C(O)CC(C)(C)O2)C2Oc3c(OC)cccc3C(=O)C12. The van der Waals surface area contributed by atoms with Crippen LogP contribution in [0.25, 0.3) is 0 Å². The highest BCUT2D eigenvalue weighted by molar-refractivity contribution is 6.04. The first-order valence-corrected chi connectivity index (χ1v) is 8.61. The molecule has 6 nitrogen and oxygen atoms in total. The van der Waals surface area contributed by atoms with Crippen LogP contribution < -0.4 is 9.47 Å². The monoisotopic (exact) mass is 358 g/mol. The first-order chi connectivity index (χ1) is 12.4. The lowest BCUT2D eigenvalue weighted by molar-refractivity contribution is -0.0385. The third-order valence-electron chi connectivity index (χ3n) is 5.13. The fraction of sp³-hybridized carbons (Fsp3) is 0.450. The largest absolute Gasteiger partial charge is 0.500 e. The van der Waals surface area contributed by atoms with Crippen LogP contribution in [0.5, 0.6) is 11.5 Å². The molecular formula is C20H22O6. The fourth-order valence-corrected chi connectivity index (χ4v) is 4.00. The fourth-order valence-electron chi connectivity index (χ4n) is 4.00. The number of allylic oxidation sites excluding steroid dienone is 1. The second-order valence-electron chi connectivity index (χ2n) is 7.37. The molecule has 0 fully saturated rings. The van der Waals surface area contributed by atoms with Gasteiger partial charge in [-0.15, -0.1) is 0 Å². The number of carbonyl (C=O) groups is 1. The number of aliphatic hydroxyl groups excluding tert-OH is 1. The van der Waals surface area contributed by atoms with Crippen molar-refractivity contribution in [3.05, 3.63) is 46.9 Å². The average Bonchev–Trinajstić information content (AvgIpc) is 2.59. The number of ketones is 1. The second-order valence-corrected chi connectivity index (χ2v) is 7.37. The Balaban J connectivity index is 1.88. The summed E-state index contributed by atoms with van der Waals surface area (Å²) in [5.74, 6) is 1.08. The molecule has 0 bridgehead atoms. The third kappa shape index (κ3) is 2.40. The van der Waals surface area contributed by atoms with Crippen molar-refractivity contribution in [2.24, 2.45) is 5.92 Å². The number of rotatable bonds is 2. The zero-order valence-electron chi connectivity index (χ0n) is 15.2. The van der Waals surface area contributed by atoms with E-state index in [0.29, 0.717) is 40.6 Å². The molecule has 2 aliphatic heterocycles. The number of hydrogen-bond donors (Lipinski definition) is 1. The van der Waals surface area contributed by atoms with E-state index in [9.17, 15) is 9.90 Å². The Labute approximate surface area is 152 Å². The molecule has 0 spiro atoms. The van der Waals surface area contributed by atoms with Gasteiger partial charge in [-0.2, -0.15) is 0 Å². The topological polar surface area (TPSA) is 74.2 Å². The lowest BCUT2D eigenvalue weighted by Gasteiger charge is -2.44. The van der Waals surface area contributed by atoms with Gasteiger partial charge >= 0.3 is 0 Å². The van der Waals surface area contributed by atoms with Crippen LogP contribution in [0.4, 0.5) is 0 Å². The number of para-hydroxylation sites is 1. The van der Waals surface area contributed by atoms with Gasteiger partial charge in [-0.3, -0.25) is 4.79 Å². The highest BCUT2D eigenvalue weighted by Crippen LogP contribution is 2.48. The highest BCUT2D eigenvalue weighted by atomic mass is 16.5. The maximum Gasteiger partial charge on any atom is 0.181 e. The summed E-state index contributed by atoms with van der Waals surface area (Å²) in [6, 6.07) is 5.21. The van der Waals surface area contributed by atoms with Crippen LogP contribution in [0.15, 0.2) is 41.4 Å². The number of Topliss-reactive ketones (excluding diaryl/α,β-unsaturated/α-hetero) is 1. The summed E-state index contributed by atoms with van der Waals surface area (Å²) in [7, 11) is 3.05. The summed E-state index contributed by atoms with van der Waals surface area (Å²) in [6.07, 6.45) is 0.668. The molecule has 1 aromatic rings. The second kappa shape index (κ2) is 5.77. The van der Waals surface area contributed by atoms with Crippen molar-refractivity contribution in [3.8, 4) is 11.5 Å². The number of fused-ring (bicyclic) bond motifs is 3. The molecule has 0 aromatic heterocycles. The van der Waals surface area contributed by atoms with E-state index in [0.717, 1.165) is 0 Å². The summed E-state index contributed by atoms with van der Waals surface area (Å²) < 4.78 is 23.1. The zero-order valence-corrected chi connectivity index (χ0v) is 15.2. The van der Waals surface area contributed by atoms with Crippen LogP contribution in [0, 0.1) is 5.92 Å². The van der Waals surface area contributed by atoms with Crippen LogP contribution in [-0.2, 0) is 9.47 Å². The van der Waals surface area contributed by atoms with Gasteiger partial charge in [0.25, 0.3) is 0 Å². The van der Waals surface area contributed by atoms with Crippen molar-refractivity contribution in [1.82, 2.24) is 0 Å². The maximum absolute atomic E-state index is 13.2. The van der Waals surface area contributed by atoms with E-state index in [4.69, 9.17) is 18.9 Å². The molecule has 138 valence electrons. The normalized spacial score (nSPS) is 28.7. The summed E-state index contributed by atoms with van der Waals surface area (Å²) in [5.41, 5.74) is 0.513. The summed E-state index contributed by atoms with van der Waals surface area (Å²) in [6.45, 7) is 3.83. The Kier molecular flexibility index (Phi) is 3.77. The Morgan fingerprint density at radius 3 is 2.69 bits per heavy atom. The van der Waals surface area contributed by atoms with E-state index in [-0.39, 0.29) is 5.78 Å². The molecular weight excluding hydrogens is 336 g/mol. The number of ether oxygens (including phenoxy) is 4. The molecule has 1 aromatic carbocycles. The predicted molar refractivity (Wildman–Crippen MR) is 93.1 cm³/mol. The van der Waals surface area contributed by atoms with Gasteiger partial charge in [0, 0.05) is 18.1 Å². The Bertz CT molecular complexity index is 835. The van der Waals surface area contributed by atoms with Crippen molar-refractivity contribution >= 4 is 5.78 Å². The van der Waals surface area contributed by atoms with E-state index in [1.807, 2.05) is 13.8 Å². The minimum atomic E-state index is -0.764. The first-order valence-electron chi connectivity index (χ1n) is 8.61. The Morgan fingerprint density at radius 1 is 1.23 bits per heavy atom. The van der Waals surface area contributed by atoms with Crippen molar-refractivity contribution in [2.45, 2.75) is 38.1 Å². The molecule has 2 heterocycles. The molecule has 3 unspecified atom stereocenters. The van der Waals surface area contributed by atoms with Gasteiger partial charge in [0.2, 0.25) is 0 Å². The van der Waals surface area contributed by atoms with E-state index in [1.54, 1.807) is 24.3 Å². The number of aliphatic hydroxyl groups is 1. The predicted octanol–water partition coefficient (Wildman–Crippen LogP) is 2.61. The van der Waals surface area contributed by atoms with Crippen molar-refractivity contribution in [1.29, 1.82) is 0 Å². The van der Waals surface area contributed by atoms with E-state index >= 15 is 0 Å². The van der Waals surface area contributed by atoms with E-state index in [1.165, 1.54) is 14.2 Å². The lowest BCUT2D eigenvalue weighted by atomic mass is 9.76. The molecule has 0 saturated heterocycles. The molecule has 3 atom stereocenters. The van der Waals surface area contributed by atoms with Crippen LogP contribution in [0.2, 0.25) is 0 Å². The minimum Gasteiger partial charge on any atom is -0.500 e. The molecule has 26 heavy (non-hydrogen) atoms. The number of hydrogen-bond acceptors (Lipinski definition) is 6. The van der Waals surface area contributed by atoms with Gasteiger partial charge < -0.3 is 24.1 Å². The van der Waals surface area contributed by atoms with Crippen molar-refractivity contribution in [2.75, 3.05) is 14.2 Å². The molecule has 6 heteroatoms. The zero-order chi connectivity index (χ0) is 18.6. The first kappa shape index (κ1) is 17.0. The maximum atomic E-state index is 13.2. The number of methoxy groups -OCH3 is 2. The summed E-state index contributed by atoms with van der Waals surface area (Å²) >= 11 is 0. The van der Waals surface area contributed by atoms with Gasteiger partial charge in [0.05, 0.1) is 25.9 Å². The van der Waals surface area contributed by atoms with Gasteiger partial charge in [-0.25, -0.2) is 0 Å². The molecule has 0 saturated carbocycles. The standard InChI is InChI=1S/C20H22O6/c1-20(2)9-11(21)15-14(26-20)8-13(24-4)16-17(22)10-6-5-7-12(23-3)18(10)25-19(15)16/h5-8,11,16,19,21H,9H2,1-4H3. The Hall–Kier alpha value is -2.47. The molecule has 4 rings (SSSR count). The molecule has 1 N–H and O–H groups in total. The summed E-state index contributed by atoms with van der Waals surface area (Å²) in [5, 5.41) is 10.8. The lowest BCUT2D eigenvalue weighted by Crippen LogP contribution is -2.49. The van der Waals surface area contributed by atoms with E-state index < -0.39 is 23.7 Å². The number of carbonyl (C=O) groups excluding carboxylic acids is 1. The van der Waals surface area contributed by atoms with Crippen molar-refractivity contribution in [3.63, 3.8) is 0 Å².